The predicted molar refractivity (Wildman–Crippen MR) is 108 cm³/mol. The molecule has 1 aromatic carbocycles. The second kappa shape index (κ2) is 12.5. The monoisotopic (exact) mass is 456 g/mol. The molecule has 0 saturated carbocycles. The number of alkyl halides is 2. The van der Waals surface area contributed by atoms with Crippen molar-refractivity contribution in [2.75, 3.05) is 0 Å². The van der Waals surface area contributed by atoms with Crippen molar-refractivity contribution in [1.29, 1.82) is 0 Å². The lowest BCUT2D eigenvalue weighted by molar-refractivity contribution is -0.151. The van der Waals surface area contributed by atoms with Crippen LogP contribution in [0.2, 0.25) is 0 Å². The van der Waals surface area contributed by atoms with Crippen molar-refractivity contribution in [3.63, 3.8) is 0 Å². The van der Waals surface area contributed by atoms with Crippen molar-refractivity contribution in [2.24, 2.45) is 5.92 Å². The van der Waals surface area contributed by atoms with E-state index in [0.717, 1.165) is 0 Å². The maximum Gasteiger partial charge on any atom is 0.374 e. The Labute approximate surface area is 183 Å². The fraction of sp³-hybridized carbons (Fsp3) is 0.476. The van der Waals surface area contributed by atoms with Crippen LogP contribution in [0.4, 0.5) is 8.78 Å². The number of benzene rings is 1. The van der Waals surface area contributed by atoms with Crippen LogP contribution in [0.1, 0.15) is 37.8 Å². The average molecular weight is 456 g/mol. The third kappa shape index (κ3) is 9.19. The van der Waals surface area contributed by atoms with Gasteiger partial charge in [0.05, 0.1) is 12.8 Å². The van der Waals surface area contributed by atoms with E-state index in [4.69, 9.17) is 10.2 Å². The number of nitrogens with one attached hydrogen (secondary N) is 2. The molecule has 4 N–H and O–H groups in total. The number of ketones is 1. The Morgan fingerprint density at radius 2 is 1.44 bits per heavy atom. The number of carboxylic acid groups (broad SMARTS) is 2. The molecular weight excluding hydrogens is 430 g/mol. The molecule has 0 saturated heterocycles. The molecule has 0 aliphatic rings. The maximum atomic E-state index is 12.7. The third-order valence-electron chi connectivity index (χ3n) is 4.43. The summed E-state index contributed by atoms with van der Waals surface area (Å²) in [6, 6.07) is 3.22. The van der Waals surface area contributed by atoms with Crippen molar-refractivity contribution < 1.29 is 43.0 Å². The standard InChI is InChI=1S/C21H26F2N2O7/c1-11(2)7-15(20(30)25-14(10-16(22)23)19(29)21(31)32)24-17(26)8-12-5-3-4-6-13(12)9-18(27)28/h3-6,11,14-16H,7-10H2,1-2H3,(H,24,26)(H,25,30)(H,27,28)(H,31,32)/t14-,15-/m1/s1. The third-order valence-corrected chi connectivity index (χ3v) is 4.43. The molecule has 2 amide bonds. The van der Waals surface area contributed by atoms with Crippen molar-refractivity contribution >= 4 is 29.5 Å². The summed E-state index contributed by atoms with van der Waals surface area (Å²) in [5, 5.41) is 22.3. The first-order valence-corrected chi connectivity index (χ1v) is 9.84. The van der Waals surface area contributed by atoms with Gasteiger partial charge >= 0.3 is 11.9 Å². The van der Waals surface area contributed by atoms with Crippen LogP contribution < -0.4 is 10.6 Å². The number of halogens is 2. The summed E-state index contributed by atoms with van der Waals surface area (Å²) in [6.45, 7) is 3.49. The summed E-state index contributed by atoms with van der Waals surface area (Å²) in [5.74, 6) is -6.34. The van der Waals surface area contributed by atoms with Crippen LogP contribution in [0, 0.1) is 5.92 Å². The minimum absolute atomic E-state index is 0.0943. The van der Waals surface area contributed by atoms with E-state index < -0.39 is 54.5 Å². The van der Waals surface area contributed by atoms with Crippen molar-refractivity contribution in [1.82, 2.24) is 10.6 Å². The molecule has 0 fully saturated rings. The van der Waals surface area contributed by atoms with E-state index in [2.05, 4.69) is 5.32 Å². The summed E-state index contributed by atoms with van der Waals surface area (Å²) in [5.41, 5.74) is 0.858. The highest BCUT2D eigenvalue weighted by molar-refractivity contribution is 6.35. The Kier molecular flexibility index (Phi) is 10.4. The molecule has 0 unspecified atom stereocenters. The lowest BCUT2D eigenvalue weighted by Gasteiger charge is -2.23. The smallest absolute Gasteiger partial charge is 0.374 e. The molecule has 0 aliphatic heterocycles. The van der Waals surface area contributed by atoms with Gasteiger partial charge in [-0.2, -0.15) is 0 Å². The van der Waals surface area contributed by atoms with Crippen LogP contribution >= 0.6 is 0 Å². The topological polar surface area (TPSA) is 150 Å². The number of aliphatic carboxylic acids is 2. The fourth-order valence-electron chi connectivity index (χ4n) is 3.02. The molecular formula is C21H26F2N2O7. The van der Waals surface area contributed by atoms with Gasteiger partial charge in [0.15, 0.2) is 0 Å². The normalized spacial score (nSPS) is 12.8. The maximum absolute atomic E-state index is 12.7. The first-order chi connectivity index (χ1) is 14.9. The second-order valence-corrected chi connectivity index (χ2v) is 7.62. The van der Waals surface area contributed by atoms with Crippen LogP contribution in [0.3, 0.4) is 0 Å². The van der Waals surface area contributed by atoms with Gasteiger partial charge in [0.2, 0.25) is 18.2 Å². The van der Waals surface area contributed by atoms with Crippen LogP contribution in [0.15, 0.2) is 24.3 Å². The summed E-state index contributed by atoms with van der Waals surface area (Å²) in [4.78, 5) is 58.7. The molecule has 0 bridgehead atoms. The van der Waals surface area contributed by atoms with Gasteiger partial charge < -0.3 is 20.8 Å². The number of carboxylic acids is 2. The Morgan fingerprint density at radius 1 is 0.875 bits per heavy atom. The Balaban J connectivity index is 2.97. The summed E-state index contributed by atoms with van der Waals surface area (Å²) in [7, 11) is 0. The number of Topliss-reactive ketones (excluding diaryl/α,β-unsaturated/α-hetero) is 1. The zero-order chi connectivity index (χ0) is 24.4. The highest BCUT2D eigenvalue weighted by atomic mass is 19.3. The van der Waals surface area contributed by atoms with Crippen LogP contribution in [-0.2, 0) is 36.8 Å². The Hall–Kier alpha value is -3.37. The van der Waals surface area contributed by atoms with Gasteiger partial charge in [-0.1, -0.05) is 38.1 Å². The number of rotatable bonds is 13. The fourth-order valence-corrected chi connectivity index (χ4v) is 3.02. The lowest BCUT2D eigenvalue weighted by atomic mass is 9.99. The van der Waals surface area contributed by atoms with Crippen LogP contribution in [0.5, 0.6) is 0 Å². The lowest BCUT2D eigenvalue weighted by Crippen LogP contribution is -2.53. The molecule has 11 heteroatoms. The van der Waals surface area contributed by atoms with Crippen LogP contribution in [0.25, 0.3) is 0 Å². The average Bonchev–Trinajstić information content (AvgIpc) is 2.66. The minimum atomic E-state index is -3.03. The number of carbonyl (C=O) groups excluding carboxylic acids is 3. The van der Waals surface area contributed by atoms with E-state index in [1.54, 1.807) is 38.1 Å². The molecule has 2 atom stereocenters. The highest BCUT2D eigenvalue weighted by Gasteiger charge is 2.32. The molecule has 1 rings (SSSR count). The van der Waals surface area contributed by atoms with Crippen molar-refractivity contribution in [3.05, 3.63) is 35.4 Å². The first-order valence-electron chi connectivity index (χ1n) is 9.84. The van der Waals surface area contributed by atoms with Gasteiger partial charge in [0.25, 0.3) is 5.78 Å². The summed E-state index contributed by atoms with van der Waals surface area (Å²) < 4.78 is 25.5. The number of amides is 2. The molecule has 0 heterocycles. The largest absolute Gasteiger partial charge is 0.481 e. The van der Waals surface area contributed by atoms with Gasteiger partial charge in [-0.25, -0.2) is 13.6 Å². The molecule has 0 aromatic heterocycles. The van der Waals surface area contributed by atoms with Gasteiger partial charge in [0, 0.05) is 6.42 Å². The zero-order valence-electron chi connectivity index (χ0n) is 17.6. The molecule has 32 heavy (non-hydrogen) atoms. The number of hydrogen-bond acceptors (Lipinski definition) is 5. The van der Waals surface area contributed by atoms with Gasteiger partial charge in [-0.3, -0.25) is 19.2 Å². The van der Waals surface area contributed by atoms with E-state index in [1.165, 1.54) is 0 Å². The summed E-state index contributed by atoms with van der Waals surface area (Å²) >= 11 is 0. The quantitative estimate of drug-likeness (QED) is 0.326. The van der Waals surface area contributed by atoms with Gasteiger partial charge in [-0.15, -0.1) is 0 Å². The van der Waals surface area contributed by atoms with E-state index in [-0.39, 0.29) is 25.2 Å². The van der Waals surface area contributed by atoms with Crippen molar-refractivity contribution in [2.45, 2.75) is 58.0 Å². The highest BCUT2D eigenvalue weighted by Crippen LogP contribution is 2.13. The molecule has 0 spiro atoms. The Morgan fingerprint density at radius 3 is 1.91 bits per heavy atom. The molecule has 0 aliphatic carbocycles. The first kappa shape index (κ1) is 26.7. The molecule has 176 valence electrons. The van der Waals surface area contributed by atoms with E-state index in [0.29, 0.717) is 11.1 Å². The van der Waals surface area contributed by atoms with Gasteiger partial charge in [-0.05, 0) is 23.5 Å². The van der Waals surface area contributed by atoms with Crippen molar-refractivity contribution in [3.8, 4) is 0 Å². The molecule has 9 nitrogen and oxygen atoms in total. The van der Waals surface area contributed by atoms with Gasteiger partial charge in [0.1, 0.15) is 12.1 Å². The molecule has 1 aromatic rings. The van der Waals surface area contributed by atoms with E-state index >= 15 is 0 Å². The Bertz CT molecular complexity index is 858. The van der Waals surface area contributed by atoms with Crippen LogP contribution in [-0.4, -0.2) is 58.3 Å². The number of carbonyl (C=O) groups is 5. The van der Waals surface area contributed by atoms with E-state index in [9.17, 15) is 32.8 Å². The summed E-state index contributed by atoms with van der Waals surface area (Å²) in [6.07, 6.45) is -4.66. The zero-order valence-corrected chi connectivity index (χ0v) is 17.6. The van der Waals surface area contributed by atoms with E-state index in [1.807, 2.05) is 5.32 Å². The predicted octanol–water partition coefficient (Wildman–Crippen LogP) is 1.18. The SMILES string of the molecule is CC(C)C[C@@H](NC(=O)Cc1ccccc1CC(=O)O)C(=O)N[C@H](CC(F)F)C(=O)C(=O)O. The molecule has 0 radical (unpaired) electrons. The second-order valence-electron chi connectivity index (χ2n) is 7.62. The number of hydrogen-bond donors (Lipinski definition) is 4. The minimum Gasteiger partial charge on any atom is -0.481 e.